The fourth-order valence-corrected chi connectivity index (χ4v) is 7.05. The van der Waals surface area contributed by atoms with Crippen molar-refractivity contribution < 1.29 is 4.79 Å². The number of hydrogen-bond acceptors (Lipinski definition) is 2. The third-order valence-corrected chi connectivity index (χ3v) is 7.92. The summed E-state index contributed by atoms with van der Waals surface area (Å²) in [6.45, 7) is 2.61. The Morgan fingerprint density at radius 1 is 1.00 bits per heavy atom. The largest absolute Gasteiger partial charge is 0.353 e. The van der Waals surface area contributed by atoms with E-state index >= 15 is 0 Å². The second-order valence-corrected chi connectivity index (χ2v) is 9.98. The van der Waals surface area contributed by atoms with Crippen LogP contribution in [-0.4, -0.2) is 35.5 Å². The van der Waals surface area contributed by atoms with Crippen molar-refractivity contribution in [2.24, 2.45) is 23.7 Å². The number of carbonyl (C=O) groups excluding carboxylic acids is 1. The highest BCUT2D eigenvalue weighted by Crippen LogP contribution is 2.58. The van der Waals surface area contributed by atoms with Crippen molar-refractivity contribution >= 4 is 5.91 Å². The van der Waals surface area contributed by atoms with Gasteiger partial charge in [0.2, 0.25) is 5.91 Å². The van der Waals surface area contributed by atoms with Crippen LogP contribution in [0.25, 0.3) is 0 Å². The maximum Gasteiger partial charge on any atom is 0.220 e. The van der Waals surface area contributed by atoms with Gasteiger partial charge in [0.1, 0.15) is 0 Å². The lowest BCUT2D eigenvalue weighted by molar-refractivity contribution is -0.122. The molecular weight excluding hydrogens is 296 g/mol. The molecule has 1 atom stereocenters. The van der Waals surface area contributed by atoms with Gasteiger partial charge < -0.3 is 5.32 Å². The maximum atomic E-state index is 12.0. The number of rotatable bonds is 5. The Balaban J connectivity index is 1.19. The van der Waals surface area contributed by atoms with Crippen LogP contribution in [-0.2, 0) is 4.79 Å². The number of hydrogen-bond donors (Lipinski definition) is 1. The average Bonchev–Trinajstić information content (AvgIpc) is 3.36. The van der Waals surface area contributed by atoms with Crippen molar-refractivity contribution in [3.8, 4) is 0 Å². The summed E-state index contributed by atoms with van der Waals surface area (Å²) in [6.07, 6.45) is 16.1. The Bertz CT molecular complexity index is 463. The van der Waals surface area contributed by atoms with Gasteiger partial charge in [0.25, 0.3) is 0 Å². The molecule has 1 saturated heterocycles. The average molecular weight is 331 g/mol. The van der Waals surface area contributed by atoms with Crippen LogP contribution in [0.1, 0.15) is 77.0 Å². The summed E-state index contributed by atoms with van der Waals surface area (Å²) in [4.78, 5) is 14.9. The molecule has 0 aromatic rings. The summed E-state index contributed by atoms with van der Waals surface area (Å²) in [6, 6.07) is 0.521. The first-order valence-corrected chi connectivity index (χ1v) is 10.7. The minimum atomic E-state index is 0.310. The lowest BCUT2D eigenvalue weighted by Crippen LogP contribution is -2.61. The molecule has 0 aromatic heterocycles. The third-order valence-electron chi connectivity index (χ3n) is 7.92. The highest BCUT2D eigenvalue weighted by Gasteiger charge is 2.53. The number of nitrogens with one attached hydrogen (secondary N) is 1. The number of piperidine rings is 1. The van der Waals surface area contributed by atoms with Crippen LogP contribution in [0.4, 0.5) is 0 Å². The van der Waals surface area contributed by atoms with Crippen LogP contribution in [0.3, 0.4) is 0 Å². The zero-order valence-corrected chi connectivity index (χ0v) is 15.1. The maximum absolute atomic E-state index is 12.0. The van der Waals surface area contributed by atoms with Gasteiger partial charge in [-0.3, -0.25) is 9.69 Å². The van der Waals surface area contributed by atoms with E-state index in [4.69, 9.17) is 0 Å². The topological polar surface area (TPSA) is 32.3 Å². The van der Waals surface area contributed by atoms with Crippen LogP contribution in [0.2, 0.25) is 0 Å². The molecule has 1 amide bonds. The highest BCUT2D eigenvalue weighted by molar-refractivity contribution is 5.76. The first kappa shape index (κ1) is 15.7. The second-order valence-electron chi connectivity index (χ2n) is 9.98. The van der Waals surface area contributed by atoms with Gasteiger partial charge in [0.15, 0.2) is 0 Å². The molecule has 6 aliphatic rings. The monoisotopic (exact) mass is 330 g/mol. The SMILES string of the molecule is O=C(CC[C@@H]1CCCN(C23CC4CC(CC(C4)C2)C3)C1)NC1CC1. The Kier molecular flexibility index (Phi) is 3.92. The Hall–Kier alpha value is -0.570. The number of likely N-dealkylation sites (tertiary alicyclic amines) is 1. The minimum absolute atomic E-state index is 0.310. The molecule has 4 bridgehead atoms. The smallest absolute Gasteiger partial charge is 0.220 e. The molecular formula is C21H34N2O. The van der Waals surface area contributed by atoms with Crippen molar-refractivity contribution in [3.63, 3.8) is 0 Å². The molecule has 0 spiro atoms. The van der Waals surface area contributed by atoms with Gasteiger partial charge in [0, 0.05) is 24.5 Å². The summed E-state index contributed by atoms with van der Waals surface area (Å²) >= 11 is 0. The predicted octanol–water partition coefficient (Wildman–Crippen LogP) is 3.73. The van der Waals surface area contributed by atoms with E-state index in [0.29, 0.717) is 17.5 Å². The molecule has 3 nitrogen and oxygen atoms in total. The lowest BCUT2D eigenvalue weighted by Gasteiger charge is -2.61. The Morgan fingerprint density at radius 3 is 2.29 bits per heavy atom. The molecule has 0 radical (unpaired) electrons. The van der Waals surface area contributed by atoms with Crippen LogP contribution >= 0.6 is 0 Å². The number of nitrogens with zero attached hydrogens (tertiary/aromatic N) is 1. The zero-order chi connectivity index (χ0) is 16.1. The second kappa shape index (κ2) is 6.00. The molecule has 6 fully saturated rings. The van der Waals surface area contributed by atoms with Gasteiger partial charge in [0.05, 0.1) is 0 Å². The molecule has 5 saturated carbocycles. The molecule has 1 N–H and O–H groups in total. The fourth-order valence-electron chi connectivity index (χ4n) is 7.05. The lowest BCUT2D eigenvalue weighted by atomic mass is 9.52. The fraction of sp³-hybridized carbons (Fsp3) is 0.952. The van der Waals surface area contributed by atoms with Crippen LogP contribution in [0.15, 0.2) is 0 Å². The van der Waals surface area contributed by atoms with E-state index in [0.717, 1.165) is 36.5 Å². The molecule has 6 rings (SSSR count). The highest BCUT2D eigenvalue weighted by atomic mass is 16.1. The quantitative estimate of drug-likeness (QED) is 0.833. The van der Waals surface area contributed by atoms with Crippen molar-refractivity contribution in [2.75, 3.05) is 13.1 Å². The van der Waals surface area contributed by atoms with Gasteiger partial charge in [-0.25, -0.2) is 0 Å². The van der Waals surface area contributed by atoms with Crippen LogP contribution in [0, 0.1) is 23.7 Å². The van der Waals surface area contributed by atoms with Crippen molar-refractivity contribution in [2.45, 2.75) is 88.6 Å². The van der Waals surface area contributed by atoms with Gasteiger partial charge in [-0.05, 0) is 101 Å². The Labute approximate surface area is 146 Å². The Morgan fingerprint density at radius 2 is 1.67 bits per heavy atom. The van der Waals surface area contributed by atoms with Gasteiger partial charge >= 0.3 is 0 Å². The molecule has 0 unspecified atom stereocenters. The zero-order valence-electron chi connectivity index (χ0n) is 15.1. The normalized spacial score (nSPS) is 44.7. The first-order valence-electron chi connectivity index (χ1n) is 10.7. The minimum Gasteiger partial charge on any atom is -0.353 e. The number of carbonyl (C=O) groups is 1. The van der Waals surface area contributed by atoms with E-state index in [-0.39, 0.29) is 0 Å². The summed E-state index contributed by atoms with van der Waals surface area (Å²) in [7, 11) is 0. The molecule has 3 heteroatoms. The molecule has 0 aromatic carbocycles. The molecule has 24 heavy (non-hydrogen) atoms. The molecule has 1 heterocycles. The summed E-state index contributed by atoms with van der Waals surface area (Å²) < 4.78 is 0. The van der Waals surface area contributed by atoms with E-state index in [2.05, 4.69) is 10.2 Å². The summed E-state index contributed by atoms with van der Waals surface area (Å²) in [5.74, 6) is 4.20. The predicted molar refractivity (Wildman–Crippen MR) is 95.6 cm³/mol. The van der Waals surface area contributed by atoms with Gasteiger partial charge in [-0.2, -0.15) is 0 Å². The van der Waals surface area contributed by atoms with Crippen molar-refractivity contribution in [1.29, 1.82) is 0 Å². The molecule has 134 valence electrons. The standard InChI is InChI=1S/C21H34N2O/c24-20(22-19-4-5-19)6-3-15-2-1-7-23(14-15)21-11-16-8-17(12-21)10-18(9-16)13-21/h15-19H,1-14H2,(H,22,24)/t15-,16?,17?,18?,21?/m0/s1. The third kappa shape index (κ3) is 3.02. The van der Waals surface area contributed by atoms with Crippen LogP contribution in [0.5, 0.6) is 0 Å². The van der Waals surface area contributed by atoms with E-state index < -0.39 is 0 Å². The first-order chi connectivity index (χ1) is 11.7. The number of amides is 1. The van der Waals surface area contributed by atoms with Crippen molar-refractivity contribution in [3.05, 3.63) is 0 Å². The van der Waals surface area contributed by atoms with E-state index in [9.17, 15) is 4.79 Å². The van der Waals surface area contributed by atoms with E-state index in [1.54, 1.807) is 0 Å². The summed E-state index contributed by atoms with van der Waals surface area (Å²) in [5, 5.41) is 3.16. The van der Waals surface area contributed by atoms with Crippen molar-refractivity contribution in [1.82, 2.24) is 10.2 Å². The van der Waals surface area contributed by atoms with Crippen LogP contribution < -0.4 is 5.32 Å². The summed E-state index contributed by atoms with van der Waals surface area (Å²) in [5.41, 5.74) is 0.573. The molecule has 5 aliphatic carbocycles. The van der Waals surface area contributed by atoms with Gasteiger partial charge in [-0.1, -0.05) is 0 Å². The van der Waals surface area contributed by atoms with Gasteiger partial charge in [-0.15, -0.1) is 0 Å². The van der Waals surface area contributed by atoms with E-state index in [1.165, 1.54) is 77.3 Å². The molecule has 1 aliphatic heterocycles. The van der Waals surface area contributed by atoms with E-state index in [1.807, 2.05) is 0 Å².